The number of carbonyl (C=O) groups excluding carboxylic acids is 1. The molecule has 25 heavy (non-hydrogen) atoms. The van der Waals surface area contributed by atoms with Gasteiger partial charge in [-0.15, -0.1) is 0 Å². The molecule has 0 aliphatic carbocycles. The zero-order chi connectivity index (χ0) is 18.0. The number of ether oxygens (including phenoxy) is 2. The lowest BCUT2D eigenvalue weighted by Crippen LogP contribution is -2.37. The van der Waals surface area contributed by atoms with Gasteiger partial charge < -0.3 is 14.3 Å². The monoisotopic (exact) mass is 353 g/mol. The minimum absolute atomic E-state index is 0.0741. The molecule has 1 unspecified atom stereocenters. The molecule has 0 aromatic carbocycles. The number of fused-ring (bicyclic) bond motifs is 1. The van der Waals surface area contributed by atoms with E-state index in [-0.39, 0.29) is 11.6 Å². The number of hydrogen-bond donors (Lipinski definition) is 0. The molecule has 0 N–H and O–H groups in total. The van der Waals surface area contributed by atoms with Crippen LogP contribution in [0, 0.1) is 0 Å². The number of aldehydes is 1. The van der Waals surface area contributed by atoms with E-state index in [1.165, 1.54) is 18.3 Å². The lowest BCUT2D eigenvalue weighted by molar-refractivity contribution is -0.153. The number of halogens is 3. The molecule has 0 fully saturated rings. The van der Waals surface area contributed by atoms with Gasteiger partial charge in [-0.3, -0.25) is 5.01 Å². The molecule has 0 bridgehead atoms. The SMILES string of the molecule is CN1C(C=O)C=C2C=C(Oc3ncccc3OCC(F)(F)F)C=CN21. The van der Waals surface area contributed by atoms with Crippen LogP contribution in [0.4, 0.5) is 13.2 Å². The van der Waals surface area contributed by atoms with Crippen molar-refractivity contribution < 1.29 is 27.4 Å². The van der Waals surface area contributed by atoms with Gasteiger partial charge >= 0.3 is 6.18 Å². The van der Waals surface area contributed by atoms with Crippen molar-refractivity contribution in [2.75, 3.05) is 13.7 Å². The number of pyridine rings is 1. The summed E-state index contributed by atoms with van der Waals surface area (Å²) in [5, 5.41) is 3.48. The average molecular weight is 353 g/mol. The molecule has 1 atom stereocenters. The minimum atomic E-state index is -4.46. The molecule has 3 heterocycles. The van der Waals surface area contributed by atoms with Crippen molar-refractivity contribution in [3.63, 3.8) is 0 Å². The molecular formula is C16H14F3N3O3. The fraction of sp³-hybridized carbons (Fsp3) is 0.250. The first-order valence-electron chi connectivity index (χ1n) is 7.29. The number of hydrogen-bond acceptors (Lipinski definition) is 6. The molecule has 6 nitrogen and oxygen atoms in total. The van der Waals surface area contributed by atoms with E-state index in [4.69, 9.17) is 9.47 Å². The Labute approximate surface area is 141 Å². The van der Waals surface area contributed by atoms with Crippen molar-refractivity contribution in [1.29, 1.82) is 0 Å². The molecule has 3 rings (SSSR count). The molecular weight excluding hydrogens is 339 g/mol. The molecule has 132 valence electrons. The average Bonchev–Trinajstić information content (AvgIpc) is 2.89. The smallest absolute Gasteiger partial charge is 0.422 e. The summed E-state index contributed by atoms with van der Waals surface area (Å²) in [6.07, 6.45) is 4.42. The van der Waals surface area contributed by atoms with Gasteiger partial charge in [0.25, 0.3) is 5.88 Å². The summed E-state index contributed by atoms with van der Waals surface area (Å²) in [6, 6.07) is 2.41. The quantitative estimate of drug-likeness (QED) is 0.758. The van der Waals surface area contributed by atoms with Gasteiger partial charge in [0.2, 0.25) is 0 Å². The van der Waals surface area contributed by atoms with Gasteiger partial charge in [-0.1, -0.05) is 0 Å². The Morgan fingerprint density at radius 2 is 2.20 bits per heavy atom. The van der Waals surface area contributed by atoms with Crippen LogP contribution in [-0.4, -0.2) is 47.2 Å². The molecule has 1 aromatic heterocycles. The number of carbonyl (C=O) groups is 1. The van der Waals surface area contributed by atoms with E-state index in [9.17, 15) is 18.0 Å². The Bertz CT molecular complexity index is 758. The molecule has 0 saturated carbocycles. The highest BCUT2D eigenvalue weighted by molar-refractivity contribution is 5.63. The topological polar surface area (TPSA) is 54.9 Å². The van der Waals surface area contributed by atoms with E-state index in [0.29, 0.717) is 11.5 Å². The fourth-order valence-corrected chi connectivity index (χ4v) is 2.35. The summed E-state index contributed by atoms with van der Waals surface area (Å²) in [6.45, 7) is -1.44. The first-order chi connectivity index (χ1) is 11.9. The molecule has 0 spiro atoms. The number of alkyl halides is 3. The maximum absolute atomic E-state index is 12.3. The van der Waals surface area contributed by atoms with Crippen LogP contribution >= 0.6 is 0 Å². The van der Waals surface area contributed by atoms with Crippen molar-refractivity contribution in [2.24, 2.45) is 0 Å². The maximum atomic E-state index is 12.3. The van der Waals surface area contributed by atoms with E-state index in [1.807, 2.05) is 0 Å². The zero-order valence-corrected chi connectivity index (χ0v) is 13.1. The van der Waals surface area contributed by atoms with Crippen molar-refractivity contribution in [3.8, 4) is 11.6 Å². The third kappa shape index (κ3) is 3.82. The van der Waals surface area contributed by atoms with Crippen molar-refractivity contribution in [3.05, 3.63) is 54.2 Å². The second-order valence-corrected chi connectivity index (χ2v) is 5.31. The number of allylic oxidation sites excluding steroid dienone is 2. The van der Waals surface area contributed by atoms with Gasteiger partial charge in [0, 0.05) is 25.5 Å². The summed E-state index contributed by atoms with van der Waals surface area (Å²) >= 11 is 0. The van der Waals surface area contributed by atoms with Gasteiger partial charge in [0.1, 0.15) is 18.1 Å². The summed E-state index contributed by atoms with van der Waals surface area (Å²) in [4.78, 5) is 14.9. The molecule has 0 amide bonds. The molecule has 2 aliphatic heterocycles. The molecule has 9 heteroatoms. The van der Waals surface area contributed by atoms with E-state index in [1.54, 1.807) is 41.5 Å². The first kappa shape index (κ1) is 17.0. The van der Waals surface area contributed by atoms with Crippen LogP contribution in [0.5, 0.6) is 11.6 Å². The third-order valence-corrected chi connectivity index (χ3v) is 3.53. The predicted molar refractivity (Wildman–Crippen MR) is 81.2 cm³/mol. The van der Waals surface area contributed by atoms with Gasteiger partial charge in [-0.05, 0) is 24.3 Å². The highest BCUT2D eigenvalue weighted by Gasteiger charge is 2.30. The molecule has 1 aromatic rings. The third-order valence-electron chi connectivity index (χ3n) is 3.53. The van der Waals surface area contributed by atoms with E-state index in [0.717, 1.165) is 6.29 Å². The van der Waals surface area contributed by atoms with Gasteiger partial charge in [-0.25, -0.2) is 9.99 Å². The van der Waals surface area contributed by atoms with Crippen molar-refractivity contribution in [2.45, 2.75) is 12.2 Å². The number of likely N-dealkylation sites (N-methyl/N-ethyl adjacent to an activating group) is 1. The first-order valence-corrected chi connectivity index (χ1v) is 7.29. The number of rotatable bonds is 5. The number of nitrogens with zero attached hydrogens (tertiary/aromatic N) is 3. The van der Waals surface area contributed by atoms with Crippen molar-refractivity contribution >= 4 is 6.29 Å². The van der Waals surface area contributed by atoms with E-state index >= 15 is 0 Å². The van der Waals surface area contributed by atoms with E-state index in [2.05, 4.69) is 4.98 Å². The number of hydrazine groups is 1. The molecule has 0 radical (unpaired) electrons. The van der Waals surface area contributed by atoms with Crippen LogP contribution in [0.1, 0.15) is 0 Å². The van der Waals surface area contributed by atoms with Crippen molar-refractivity contribution in [1.82, 2.24) is 15.0 Å². The lowest BCUT2D eigenvalue weighted by Gasteiger charge is -2.28. The second-order valence-electron chi connectivity index (χ2n) is 5.31. The van der Waals surface area contributed by atoms with Crippen LogP contribution in [0.2, 0.25) is 0 Å². The molecule has 2 aliphatic rings. The van der Waals surface area contributed by atoms with Crippen LogP contribution < -0.4 is 9.47 Å². The largest absolute Gasteiger partial charge is 0.478 e. The number of aromatic nitrogens is 1. The summed E-state index contributed by atoms with van der Waals surface area (Å²) in [7, 11) is 1.76. The Morgan fingerprint density at radius 1 is 1.40 bits per heavy atom. The Hall–Kier alpha value is -2.81. The maximum Gasteiger partial charge on any atom is 0.422 e. The second kappa shape index (κ2) is 6.60. The van der Waals surface area contributed by atoms with Crippen LogP contribution in [0.15, 0.2) is 54.2 Å². The zero-order valence-electron chi connectivity index (χ0n) is 13.1. The molecule has 0 saturated heterocycles. The Balaban J connectivity index is 1.77. The highest BCUT2D eigenvalue weighted by atomic mass is 19.4. The van der Waals surface area contributed by atoms with Crippen LogP contribution in [-0.2, 0) is 4.79 Å². The minimum Gasteiger partial charge on any atom is -0.478 e. The van der Waals surface area contributed by atoms with Gasteiger partial charge in [0.05, 0.1) is 5.70 Å². The van der Waals surface area contributed by atoms with E-state index < -0.39 is 18.8 Å². The summed E-state index contributed by atoms with van der Waals surface area (Å²) in [5.41, 5.74) is 0.714. The Morgan fingerprint density at radius 3 is 2.92 bits per heavy atom. The fourth-order valence-electron chi connectivity index (χ4n) is 2.35. The normalized spacial score (nSPS) is 20.0. The Kier molecular flexibility index (Phi) is 4.49. The standard InChI is InChI=1S/C16H14F3N3O3/c1-21-12(9-23)7-11-8-13(4-6-22(11)21)25-15-14(3-2-5-20-15)24-10-16(17,18)19/h2-9,12H,10H2,1H3. The van der Waals surface area contributed by atoms with Gasteiger partial charge in [0.15, 0.2) is 12.4 Å². The highest BCUT2D eigenvalue weighted by Crippen LogP contribution is 2.31. The van der Waals surface area contributed by atoms with Crippen LogP contribution in [0.3, 0.4) is 0 Å². The summed E-state index contributed by atoms with van der Waals surface area (Å²) < 4.78 is 47.3. The lowest BCUT2D eigenvalue weighted by atomic mass is 10.2. The summed E-state index contributed by atoms with van der Waals surface area (Å²) in [5.74, 6) is 0.174. The van der Waals surface area contributed by atoms with Gasteiger partial charge in [-0.2, -0.15) is 13.2 Å². The van der Waals surface area contributed by atoms with Crippen LogP contribution in [0.25, 0.3) is 0 Å². The predicted octanol–water partition coefficient (Wildman–Crippen LogP) is 2.43.